The Balaban J connectivity index is 1.51. The van der Waals surface area contributed by atoms with E-state index in [-0.39, 0.29) is 5.91 Å². The SMILES string of the molecule is CNCC1CCN(C(=O)CCc2cnn(-c3ccccc3)c2)C1. The molecule has 23 heavy (non-hydrogen) atoms. The number of hydrogen-bond acceptors (Lipinski definition) is 3. The van der Waals surface area contributed by atoms with Gasteiger partial charge in [0.25, 0.3) is 0 Å². The molecule has 1 unspecified atom stereocenters. The lowest BCUT2D eigenvalue weighted by Crippen LogP contribution is -2.30. The second-order valence-electron chi connectivity index (χ2n) is 6.18. The van der Waals surface area contributed by atoms with Gasteiger partial charge in [0.15, 0.2) is 0 Å². The second kappa shape index (κ2) is 7.42. The van der Waals surface area contributed by atoms with Crippen molar-refractivity contribution in [1.82, 2.24) is 20.0 Å². The second-order valence-corrected chi connectivity index (χ2v) is 6.18. The van der Waals surface area contributed by atoms with Gasteiger partial charge in [0.05, 0.1) is 11.9 Å². The van der Waals surface area contributed by atoms with Crippen molar-refractivity contribution in [3.05, 3.63) is 48.3 Å². The van der Waals surface area contributed by atoms with Crippen LogP contribution in [-0.2, 0) is 11.2 Å². The van der Waals surface area contributed by atoms with Gasteiger partial charge in [-0.05, 0) is 50.0 Å². The number of para-hydroxylation sites is 1. The molecule has 2 aromatic rings. The molecule has 5 nitrogen and oxygen atoms in total. The zero-order valence-corrected chi connectivity index (χ0v) is 13.6. The normalized spacial score (nSPS) is 17.6. The number of aromatic nitrogens is 2. The first-order chi connectivity index (χ1) is 11.3. The van der Waals surface area contributed by atoms with Crippen molar-refractivity contribution >= 4 is 5.91 Å². The Morgan fingerprint density at radius 2 is 2.17 bits per heavy atom. The van der Waals surface area contributed by atoms with Gasteiger partial charge in [-0.25, -0.2) is 4.68 Å². The van der Waals surface area contributed by atoms with Gasteiger partial charge in [-0.15, -0.1) is 0 Å². The van der Waals surface area contributed by atoms with E-state index in [0.717, 1.165) is 43.7 Å². The summed E-state index contributed by atoms with van der Waals surface area (Å²) in [4.78, 5) is 14.3. The van der Waals surface area contributed by atoms with Crippen molar-refractivity contribution in [3.63, 3.8) is 0 Å². The molecule has 1 fully saturated rings. The number of hydrogen-bond donors (Lipinski definition) is 1. The van der Waals surface area contributed by atoms with Crippen molar-refractivity contribution < 1.29 is 4.79 Å². The summed E-state index contributed by atoms with van der Waals surface area (Å²) in [6.45, 7) is 2.78. The Hall–Kier alpha value is -2.14. The first kappa shape index (κ1) is 15.7. The summed E-state index contributed by atoms with van der Waals surface area (Å²) in [5.41, 5.74) is 2.15. The first-order valence-corrected chi connectivity index (χ1v) is 8.27. The van der Waals surface area contributed by atoms with E-state index >= 15 is 0 Å². The Bertz CT molecular complexity index is 637. The Labute approximate surface area is 137 Å². The van der Waals surface area contributed by atoms with Crippen molar-refractivity contribution in [3.8, 4) is 5.69 Å². The first-order valence-electron chi connectivity index (χ1n) is 8.27. The van der Waals surface area contributed by atoms with Crippen molar-refractivity contribution in [1.29, 1.82) is 0 Å². The van der Waals surface area contributed by atoms with E-state index in [4.69, 9.17) is 0 Å². The molecule has 3 rings (SSSR count). The molecule has 0 spiro atoms. The van der Waals surface area contributed by atoms with Crippen LogP contribution in [0.5, 0.6) is 0 Å². The summed E-state index contributed by atoms with van der Waals surface area (Å²) in [6, 6.07) is 10.0. The van der Waals surface area contributed by atoms with Gasteiger partial charge in [-0.1, -0.05) is 18.2 Å². The molecule has 0 radical (unpaired) electrons. The largest absolute Gasteiger partial charge is 0.342 e. The number of carbonyl (C=O) groups is 1. The van der Waals surface area contributed by atoms with E-state index in [2.05, 4.69) is 10.4 Å². The lowest BCUT2D eigenvalue weighted by Gasteiger charge is -2.16. The maximum Gasteiger partial charge on any atom is 0.222 e. The fourth-order valence-electron chi connectivity index (χ4n) is 3.13. The van der Waals surface area contributed by atoms with Crippen LogP contribution in [-0.4, -0.2) is 47.3 Å². The molecule has 0 bridgehead atoms. The number of nitrogens with one attached hydrogen (secondary N) is 1. The smallest absolute Gasteiger partial charge is 0.222 e. The highest BCUT2D eigenvalue weighted by molar-refractivity contribution is 5.76. The molecular formula is C18H24N4O. The standard InChI is InChI=1S/C18H24N4O/c1-19-11-16-9-10-21(13-16)18(23)8-7-15-12-20-22(14-15)17-5-3-2-4-6-17/h2-6,12,14,16,19H,7-11,13H2,1H3. The third-order valence-electron chi connectivity index (χ3n) is 4.42. The van der Waals surface area contributed by atoms with Gasteiger partial charge >= 0.3 is 0 Å². The molecule has 2 heterocycles. The fourth-order valence-corrected chi connectivity index (χ4v) is 3.13. The van der Waals surface area contributed by atoms with E-state index in [1.54, 1.807) is 0 Å². The van der Waals surface area contributed by atoms with Crippen LogP contribution in [0.3, 0.4) is 0 Å². The van der Waals surface area contributed by atoms with Crippen LogP contribution in [0.4, 0.5) is 0 Å². The number of nitrogens with zero attached hydrogens (tertiary/aromatic N) is 3. The molecule has 1 aliphatic heterocycles. The van der Waals surface area contributed by atoms with Crippen molar-refractivity contribution in [2.45, 2.75) is 19.3 Å². The predicted octanol–water partition coefficient (Wildman–Crippen LogP) is 1.87. The summed E-state index contributed by atoms with van der Waals surface area (Å²) in [6.07, 6.45) is 6.29. The highest BCUT2D eigenvalue weighted by Gasteiger charge is 2.25. The molecule has 1 aliphatic rings. The third-order valence-corrected chi connectivity index (χ3v) is 4.42. The zero-order chi connectivity index (χ0) is 16.1. The number of amides is 1. The minimum absolute atomic E-state index is 0.260. The number of aryl methyl sites for hydroxylation is 1. The minimum atomic E-state index is 0.260. The van der Waals surface area contributed by atoms with Crippen LogP contribution in [0, 0.1) is 5.92 Å². The molecule has 1 atom stereocenters. The fraction of sp³-hybridized carbons (Fsp3) is 0.444. The monoisotopic (exact) mass is 312 g/mol. The van der Waals surface area contributed by atoms with Crippen LogP contribution in [0.25, 0.3) is 5.69 Å². The number of likely N-dealkylation sites (tertiary alicyclic amines) is 1. The number of carbonyl (C=O) groups excluding carboxylic acids is 1. The summed E-state index contributed by atoms with van der Waals surface area (Å²) in [7, 11) is 1.97. The van der Waals surface area contributed by atoms with E-state index in [0.29, 0.717) is 12.3 Å². The Morgan fingerprint density at radius 3 is 2.96 bits per heavy atom. The van der Waals surface area contributed by atoms with Crippen LogP contribution in [0.1, 0.15) is 18.4 Å². The van der Waals surface area contributed by atoms with E-state index in [1.807, 2.05) is 59.4 Å². The molecule has 0 aliphatic carbocycles. The van der Waals surface area contributed by atoms with E-state index < -0.39 is 0 Å². The number of benzene rings is 1. The maximum absolute atomic E-state index is 12.3. The lowest BCUT2D eigenvalue weighted by atomic mass is 10.1. The van der Waals surface area contributed by atoms with Crippen LogP contribution in [0.15, 0.2) is 42.7 Å². The molecule has 122 valence electrons. The van der Waals surface area contributed by atoms with Crippen LogP contribution in [0.2, 0.25) is 0 Å². The van der Waals surface area contributed by atoms with Gasteiger partial charge < -0.3 is 10.2 Å². The summed E-state index contributed by atoms with van der Waals surface area (Å²) >= 11 is 0. The van der Waals surface area contributed by atoms with Crippen LogP contribution >= 0.6 is 0 Å². The molecular weight excluding hydrogens is 288 g/mol. The molecule has 1 aromatic carbocycles. The van der Waals surface area contributed by atoms with Gasteiger partial charge in [0.1, 0.15) is 0 Å². The minimum Gasteiger partial charge on any atom is -0.342 e. The van der Waals surface area contributed by atoms with Crippen LogP contribution < -0.4 is 5.32 Å². The molecule has 1 saturated heterocycles. The summed E-state index contributed by atoms with van der Waals surface area (Å²) < 4.78 is 1.86. The van der Waals surface area contributed by atoms with Crippen molar-refractivity contribution in [2.24, 2.45) is 5.92 Å². The average Bonchev–Trinajstić information content (AvgIpc) is 3.23. The molecule has 5 heteroatoms. The molecule has 1 aromatic heterocycles. The molecule has 0 saturated carbocycles. The van der Waals surface area contributed by atoms with E-state index in [1.165, 1.54) is 0 Å². The highest BCUT2D eigenvalue weighted by Crippen LogP contribution is 2.17. The Morgan fingerprint density at radius 1 is 1.35 bits per heavy atom. The van der Waals surface area contributed by atoms with E-state index in [9.17, 15) is 4.79 Å². The summed E-state index contributed by atoms with van der Waals surface area (Å²) in [5, 5.41) is 7.58. The van der Waals surface area contributed by atoms with Gasteiger partial charge in [0, 0.05) is 25.7 Å². The third kappa shape index (κ3) is 3.99. The quantitative estimate of drug-likeness (QED) is 0.886. The average molecular weight is 312 g/mol. The predicted molar refractivity (Wildman–Crippen MR) is 90.5 cm³/mol. The van der Waals surface area contributed by atoms with Gasteiger partial charge in [-0.3, -0.25) is 4.79 Å². The van der Waals surface area contributed by atoms with Gasteiger partial charge in [0.2, 0.25) is 5.91 Å². The molecule has 1 amide bonds. The topological polar surface area (TPSA) is 50.2 Å². The summed E-state index contributed by atoms with van der Waals surface area (Å²) in [5.74, 6) is 0.862. The zero-order valence-electron chi connectivity index (χ0n) is 13.6. The Kier molecular flexibility index (Phi) is 5.08. The lowest BCUT2D eigenvalue weighted by molar-refractivity contribution is -0.130. The molecule has 1 N–H and O–H groups in total. The van der Waals surface area contributed by atoms with Crippen molar-refractivity contribution in [2.75, 3.05) is 26.7 Å². The number of rotatable bonds is 6. The highest BCUT2D eigenvalue weighted by atomic mass is 16.2. The maximum atomic E-state index is 12.3. The van der Waals surface area contributed by atoms with Gasteiger partial charge in [-0.2, -0.15) is 5.10 Å².